The summed E-state index contributed by atoms with van der Waals surface area (Å²) >= 11 is 0. The molecular weight excluding hydrogens is 217 g/mol. The lowest BCUT2D eigenvalue weighted by atomic mass is 10.0. The molecule has 0 amide bonds. The Balaban J connectivity index is 3.29. The zero-order valence-electron chi connectivity index (χ0n) is 9.61. The highest BCUT2D eigenvalue weighted by atomic mass is 19.3. The minimum atomic E-state index is -3.06. The Hall–Kier alpha value is -1.19. The molecule has 16 heavy (non-hydrogen) atoms. The van der Waals surface area contributed by atoms with E-state index < -0.39 is 11.7 Å². The molecule has 0 N–H and O–H groups in total. The fourth-order valence-electron chi connectivity index (χ4n) is 1.41. The van der Waals surface area contributed by atoms with Crippen molar-refractivity contribution in [2.75, 3.05) is 6.61 Å². The molecule has 90 valence electrons. The van der Waals surface area contributed by atoms with E-state index >= 15 is 0 Å². The lowest BCUT2D eigenvalue weighted by Crippen LogP contribution is -2.14. The Labute approximate surface area is 93.2 Å². The highest BCUT2D eigenvalue weighted by Crippen LogP contribution is 2.38. The van der Waals surface area contributed by atoms with Gasteiger partial charge < -0.3 is 4.74 Å². The van der Waals surface area contributed by atoms with Crippen LogP contribution in [0.1, 0.15) is 31.4 Å². The number of hydrogen-bond acceptors (Lipinski definition) is 1. The van der Waals surface area contributed by atoms with Crippen LogP contribution in [0.25, 0.3) is 0 Å². The van der Waals surface area contributed by atoms with Crippen LogP contribution in [0.3, 0.4) is 0 Å². The predicted octanol–water partition coefficient (Wildman–Crippen LogP) is 4.03. The largest absolute Gasteiger partial charge is 0.493 e. The Morgan fingerprint density at radius 1 is 1.25 bits per heavy atom. The van der Waals surface area contributed by atoms with Crippen LogP contribution in [-0.4, -0.2) is 6.61 Å². The van der Waals surface area contributed by atoms with Gasteiger partial charge in [-0.15, -0.1) is 0 Å². The van der Waals surface area contributed by atoms with E-state index in [-0.39, 0.29) is 24.3 Å². The van der Waals surface area contributed by atoms with Crippen LogP contribution < -0.4 is 4.74 Å². The van der Waals surface area contributed by atoms with Crippen molar-refractivity contribution in [3.8, 4) is 5.75 Å². The molecule has 0 saturated carbocycles. The quantitative estimate of drug-likeness (QED) is 0.761. The third kappa shape index (κ3) is 2.49. The van der Waals surface area contributed by atoms with Gasteiger partial charge in [-0.2, -0.15) is 0 Å². The van der Waals surface area contributed by atoms with Gasteiger partial charge in [-0.1, -0.05) is 6.92 Å². The van der Waals surface area contributed by atoms with Gasteiger partial charge >= 0.3 is 0 Å². The smallest absolute Gasteiger partial charge is 0.276 e. The summed E-state index contributed by atoms with van der Waals surface area (Å²) in [5.41, 5.74) is -0.0703. The molecule has 1 aromatic rings. The Kier molecular flexibility index (Phi) is 3.83. The molecule has 1 rings (SSSR count). The maximum absolute atomic E-state index is 13.5. The number of aryl methyl sites for hydroxylation is 1. The lowest BCUT2D eigenvalue weighted by Gasteiger charge is -2.19. The average Bonchev–Trinajstić information content (AvgIpc) is 2.23. The van der Waals surface area contributed by atoms with Gasteiger partial charge in [-0.3, -0.25) is 0 Å². The second-order valence-corrected chi connectivity index (χ2v) is 3.59. The van der Waals surface area contributed by atoms with Crippen molar-refractivity contribution in [2.45, 2.75) is 33.1 Å². The van der Waals surface area contributed by atoms with Gasteiger partial charge in [-0.05, 0) is 31.5 Å². The van der Waals surface area contributed by atoms with E-state index in [2.05, 4.69) is 0 Å². The number of alkyl halides is 2. The van der Waals surface area contributed by atoms with E-state index in [0.29, 0.717) is 5.56 Å². The summed E-state index contributed by atoms with van der Waals surface area (Å²) in [5, 5.41) is 0. The topological polar surface area (TPSA) is 9.23 Å². The Bertz CT molecular complexity index is 375. The van der Waals surface area contributed by atoms with Crippen LogP contribution in [0.2, 0.25) is 0 Å². The van der Waals surface area contributed by atoms with Gasteiger partial charge in [0.1, 0.15) is 11.6 Å². The van der Waals surface area contributed by atoms with Crippen LogP contribution in [0.4, 0.5) is 13.2 Å². The normalized spacial score (nSPS) is 11.6. The molecule has 0 aliphatic carbocycles. The number of rotatable bonds is 4. The monoisotopic (exact) mass is 232 g/mol. The van der Waals surface area contributed by atoms with E-state index in [4.69, 9.17) is 4.74 Å². The molecule has 0 aliphatic heterocycles. The molecule has 1 aromatic carbocycles. The molecule has 0 fully saturated rings. The first kappa shape index (κ1) is 12.9. The van der Waals surface area contributed by atoms with Crippen molar-refractivity contribution < 1.29 is 17.9 Å². The number of benzene rings is 1. The first-order valence-electron chi connectivity index (χ1n) is 5.23. The van der Waals surface area contributed by atoms with Gasteiger partial charge in [0, 0.05) is 6.42 Å². The molecule has 0 heterocycles. The molecule has 0 aromatic heterocycles. The maximum Gasteiger partial charge on any atom is 0.276 e. The zero-order chi connectivity index (χ0) is 12.3. The zero-order valence-corrected chi connectivity index (χ0v) is 9.61. The first-order chi connectivity index (χ1) is 7.42. The van der Waals surface area contributed by atoms with Crippen LogP contribution in [0, 0.1) is 12.7 Å². The second-order valence-electron chi connectivity index (χ2n) is 3.59. The molecule has 4 heteroatoms. The average molecular weight is 232 g/mol. The van der Waals surface area contributed by atoms with Gasteiger partial charge in [0.15, 0.2) is 0 Å². The Morgan fingerprint density at radius 2 is 1.88 bits per heavy atom. The summed E-state index contributed by atoms with van der Waals surface area (Å²) in [6.07, 6.45) is -0.379. The van der Waals surface area contributed by atoms with Crippen LogP contribution >= 0.6 is 0 Å². The highest BCUT2D eigenvalue weighted by molar-refractivity contribution is 5.40. The second kappa shape index (κ2) is 4.76. The summed E-state index contributed by atoms with van der Waals surface area (Å²) in [5.74, 6) is -3.63. The van der Waals surface area contributed by atoms with Crippen molar-refractivity contribution in [1.29, 1.82) is 0 Å². The highest BCUT2D eigenvalue weighted by Gasteiger charge is 2.33. The van der Waals surface area contributed by atoms with Crippen molar-refractivity contribution in [3.05, 3.63) is 29.1 Å². The van der Waals surface area contributed by atoms with Crippen LogP contribution in [0.15, 0.2) is 12.1 Å². The molecular formula is C12H15F3O. The van der Waals surface area contributed by atoms with Crippen molar-refractivity contribution in [3.63, 3.8) is 0 Å². The van der Waals surface area contributed by atoms with Crippen molar-refractivity contribution >= 4 is 0 Å². The third-order valence-electron chi connectivity index (χ3n) is 2.40. The third-order valence-corrected chi connectivity index (χ3v) is 2.40. The van der Waals surface area contributed by atoms with Gasteiger partial charge in [0.2, 0.25) is 0 Å². The van der Waals surface area contributed by atoms with Gasteiger partial charge in [0.05, 0.1) is 12.2 Å². The fourth-order valence-corrected chi connectivity index (χ4v) is 1.41. The van der Waals surface area contributed by atoms with E-state index in [1.165, 1.54) is 19.9 Å². The van der Waals surface area contributed by atoms with Gasteiger partial charge in [0.25, 0.3) is 5.92 Å². The summed E-state index contributed by atoms with van der Waals surface area (Å²) in [7, 11) is 0. The summed E-state index contributed by atoms with van der Waals surface area (Å²) in [4.78, 5) is 0. The first-order valence-corrected chi connectivity index (χ1v) is 5.23. The molecule has 0 aliphatic rings. The SMILES string of the molecule is CCOc1cc(C)c(F)cc1C(F)(F)CC. The van der Waals surface area contributed by atoms with Crippen LogP contribution in [0.5, 0.6) is 5.75 Å². The van der Waals surface area contributed by atoms with Crippen molar-refractivity contribution in [1.82, 2.24) is 0 Å². The van der Waals surface area contributed by atoms with Gasteiger partial charge in [-0.25, -0.2) is 13.2 Å². The molecule has 0 unspecified atom stereocenters. The summed E-state index contributed by atoms with van der Waals surface area (Å²) < 4.78 is 45.5. The maximum atomic E-state index is 13.5. The van der Waals surface area contributed by atoms with Crippen LogP contribution in [-0.2, 0) is 5.92 Å². The van der Waals surface area contributed by atoms with E-state index in [1.54, 1.807) is 6.92 Å². The summed E-state index contributed by atoms with van der Waals surface area (Å²) in [6.45, 7) is 4.85. The molecule has 0 atom stereocenters. The van der Waals surface area contributed by atoms with E-state index in [9.17, 15) is 13.2 Å². The Morgan fingerprint density at radius 3 is 2.38 bits per heavy atom. The molecule has 0 radical (unpaired) electrons. The number of halogens is 3. The minimum absolute atomic E-state index is 0.0632. The standard InChI is InChI=1S/C12H15F3O/c1-4-12(14,15)9-7-10(13)8(3)6-11(9)16-5-2/h6-7H,4-5H2,1-3H3. The fraction of sp³-hybridized carbons (Fsp3) is 0.500. The lowest BCUT2D eigenvalue weighted by molar-refractivity contribution is -0.0111. The molecule has 0 spiro atoms. The predicted molar refractivity (Wildman–Crippen MR) is 56.5 cm³/mol. The van der Waals surface area contributed by atoms with E-state index in [0.717, 1.165) is 6.07 Å². The number of hydrogen-bond donors (Lipinski definition) is 0. The number of ether oxygens (including phenoxy) is 1. The summed E-state index contributed by atoms with van der Waals surface area (Å²) in [6, 6.07) is 2.18. The molecule has 1 nitrogen and oxygen atoms in total. The minimum Gasteiger partial charge on any atom is -0.493 e. The molecule has 0 bridgehead atoms. The molecule has 0 saturated heterocycles. The van der Waals surface area contributed by atoms with E-state index in [1.807, 2.05) is 0 Å². The van der Waals surface area contributed by atoms with Crippen molar-refractivity contribution in [2.24, 2.45) is 0 Å².